The summed E-state index contributed by atoms with van der Waals surface area (Å²) in [5.74, 6) is 5.60. The highest BCUT2D eigenvalue weighted by molar-refractivity contribution is 5.94. The maximum absolute atomic E-state index is 13.4. The Balaban J connectivity index is 1.84. The van der Waals surface area contributed by atoms with Gasteiger partial charge in [-0.1, -0.05) is 37.3 Å². The van der Waals surface area contributed by atoms with E-state index in [-0.39, 0.29) is 18.3 Å². The average molecular weight is 325 g/mol. The monoisotopic (exact) mass is 325 g/mol. The molecule has 0 unspecified atom stereocenters. The first-order chi connectivity index (χ1) is 11.7. The summed E-state index contributed by atoms with van der Waals surface area (Å²) in [7, 11) is 0. The first-order valence-corrected chi connectivity index (χ1v) is 7.95. The van der Waals surface area contributed by atoms with E-state index in [0.29, 0.717) is 17.7 Å². The van der Waals surface area contributed by atoms with Gasteiger partial charge >= 0.3 is 0 Å². The van der Waals surface area contributed by atoms with E-state index in [0.717, 1.165) is 18.6 Å². The van der Waals surface area contributed by atoms with Crippen LogP contribution in [-0.4, -0.2) is 19.1 Å². The van der Waals surface area contributed by atoms with Gasteiger partial charge in [0, 0.05) is 5.56 Å². The number of unbranched alkanes of at least 4 members (excludes halogenated alkanes) is 1. The predicted molar refractivity (Wildman–Crippen MR) is 92.5 cm³/mol. The minimum absolute atomic E-state index is 0.155. The van der Waals surface area contributed by atoms with Crippen LogP contribution in [0, 0.1) is 17.7 Å². The molecule has 1 N–H and O–H groups in total. The Morgan fingerprint density at radius 2 is 1.92 bits per heavy atom. The van der Waals surface area contributed by atoms with Crippen molar-refractivity contribution in [1.29, 1.82) is 0 Å². The van der Waals surface area contributed by atoms with E-state index >= 15 is 0 Å². The fraction of sp³-hybridized carbons (Fsp3) is 0.250. The number of amides is 1. The summed E-state index contributed by atoms with van der Waals surface area (Å²) in [4.78, 5) is 12.0. The molecule has 4 heteroatoms. The van der Waals surface area contributed by atoms with Crippen molar-refractivity contribution >= 4 is 5.91 Å². The summed E-state index contributed by atoms with van der Waals surface area (Å²) < 4.78 is 18.9. The van der Waals surface area contributed by atoms with E-state index in [1.54, 1.807) is 42.5 Å². The standard InChI is InChI=1S/C20H20FNO2/c1-2-3-15-24-18-12-10-17(11-13-18)20(23)22-14-6-8-16-7-4-5-9-19(16)21/h4-5,7,9-13H,2-3,14-15H2,1H3,(H,22,23). The number of benzene rings is 2. The Labute approximate surface area is 141 Å². The molecule has 0 atom stereocenters. The van der Waals surface area contributed by atoms with E-state index in [2.05, 4.69) is 24.1 Å². The number of hydrogen-bond acceptors (Lipinski definition) is 2. The van der Waals surface area contributed by atoms with Crippen LogP contribution in [0.25, 0.3) is 0 Å². The van der Waals surface area contributed by atoms with E-state index in [1.165, 1.54) is 6.07 Å². The highest BCUT2D eigenvalue weighted by atomic mass is 19.1. The van der Waals surface area contributed by atoms with Gasteiger partial charge in [0.15, 0.2) is 0 Å². The highest BCUT2D eigenvalue weighted by Gasteiger charge is 2.04. The van der Waals surface area contributed by atoms with Crippen LogP contribution in [0.3, 0.4) is 0 Å². The molecular formula is C20H20FNO2. The molecule has 2 aromatic carbocycles. The Morgan fingerprint density at radius 1 is 1.17 bits per heavy atom. The second-order valence-electron chi connectivity index (χ2n) is 5.19. The Hall–Kier alpha value is -2.80. The molecule has 0 radical (unpaired) electrons. The van der Waals surface area contributed by atoms with Crippen LogP contribution >= 0.6 is 0 Å². The number of ether oxygens (including phenoxy) is 1. The quantitative estimate of drug-likeness (QED) is 0.648. The maximum Gasteiger partial charge on any atom is 0.252 e. The van der Waals surface area contributed by atoms with Crippen LogP contribution < -0.4 is 10.1 Å². The Kier molecular flexibility index (Phi) is 6.85. The second kappa shape index (κ2) is 9.36. The van der Waals surface area contributed by atoms with Gasteiger partial charge in [-0.2, -0.15) is 0 Å². The largest absolute Gasteiger partial charge is 0.494 e. The lowest BCUT2D eigenvalue weighted by Gasteiger charge is -2.06. The lowest BCUT2D eigenvalue weighted by Crippen LogP contribution is -2.23. The molecule has 0 heterocycles. The van der Waals surface area contributed by atoms with Gasteiger partial charge in [0.1, 0.15) is 11.6 Å². The molecule has 1 amide bonds. The summed E-state index contributed by atoms with van der Waals surface area (Å²) in [6.07, 6.45) is 2.08. The molecule has 2 rings (SSSR count). The molecule has 2 aromatic rings. The maximum atomic E-state index is 13.4. The second-order valence-corrected chi connectivity index (χ2v) is 5.19. The Bertz CT molecular complexity index is 729. The zero-order valence-electron chi connectivity index (χ0n) is 13.6. The number of halogens is 1. The van der Waals surface area contributed by atoms with E-state index in [1.807, 2.05) is 0 Å². The van der Waals surface area contributed by atoms with Crippen LogP contribution in [0.1, 0.15) is 35.7 Å². The van der Waals surface area contributed by atoms with Crippen molar-refractivity contribution < 1.29 is 13.9 Å². The van der Waals surface area contributed by atoms with Crippen LogP contribution in [0.5, 0.6) is 5.75 Å². The number of nitrogens with one attached hydrogen (secondary N) is 1. The number of carbonyl (C=O) groups excluding carboxylic acids is 1. The van der Waals surface area contributed by atoms with E-state index < -0.39 is 0 Å². The van der Waals surface area contributed by atoms with Gasteiger partial charge in [0.05, 0.1) is 18.7 Å². The molecule has 0 aliphatic rings. The van der Waals surface area contributed by atoms with Crippen molar-refractivity contribution in [3.8, 4) is 17.6 Å². The van der Waals surface area contributed by atoms with Gasteiger partial charge in [-0.3, -0.25) is 4.79 Å². The lowest BCUT2D eigenvalue weighted by atomic mass is 10.2. The molecule has 0 spiro atoms. The van der Waals surface area contributed by atoms with Gasteiger partial charge in [-0.25, -0.2) is 4.39 Å². The topological polar surface area (TPSA) is 38.3 Å². The molecule has 0 saturated carbocycles. The fourth-order valence-corrected chi connectivity index (χ4v) is 1.97. The molecular weight excluding hydrogens is 305 g/mol. The van der Waals surface area contributed by atoms with Gasteiger partial charge in [0.25, 0.3) is 5.91 Å². The van der Waals surface area contributed by atoms with E-state index in [9.17, 15) is 9.18 Å². The molecule has 0 aromatic heterocycles. The number of rotatable bonds is 6. The minimum Gasteiger partial charge on any atom is -0.494 e. The summed E-state index contributed by atoms with van der Waals surface area (Å²) in [6, 6.07) is 13.2. The van der Waals surface area contributed by atoms with Crippen molar-refractivity contribution in [1.82, 2.24) is 5.32 Å². The fourth-order valence-electron chi connectivity index (χ4n) is 1.97. The SMILES string of the molecule is CCCCOc1ccc(C(=O)NCC#Cc2ccccc2F)cc1. The third kappa shape index (κ3) is 5.44. The van der Waals surface area contributed by atoms with Crippen LogP contribution in [0.15, 0.2) is 48.5 Å². The van der Waals surface area contributed by atoms with Gasteiger partial charge in [-0.15, -0.1) is 0 Å². The summed E-state index contributed by atoms with van der Waals surface area (Å²) >= 11 is 0. The third-order valence-electron chi connectivity index (χ3n) is 3.32. The molecule has 0 saturated heterocycles. The van der Waals surface area contributed by atoms with Crippen molar-refractivity contribution in [3.63, 3.8) is 0 Å². The zero-order valence-corrected chi connectivity index (χ0v) is 13.6. The molecule has 0 fully saturated rings. The summed E-state index contributed by atoms with van der Waals surface area (Å²) in [5.41, 5.74) is 0.853. The molecule has 0 bridgehead atoms. The van der Waals surface area contributed by atoms with Crippen LogP contribution in [0.2, 0.25) is 0 Å². The Morgan fingerprint density at radius 3 is 2.62 bits per heavy atom. The molecule has 0 aliphatic heterocycles. The average Bonchev–Trinajstić information content (AvgIpc) is 2.61. The molecule has 0 aliphatic carbocycles. The smallest absolute Gasteiger partial charge is 0.252 e. The van der Waals surface area contributed by atoms with Crippen LogP contribution in [-0.2, 0) is 0 Å². The first-order valence-electron chi connectivity index (χ1n) is 7.95. The predicted octanol–water partition coefficient (Wildman–Crippen LogP) is 3.79. The first kappa shape index (κ1) is 17.6. The number of hydrogen-bond donors (Lipinski definition) is 1. The van der Waals surface area contributed by atoms with Gasteiger partial charge < -0.3 is 10.1 Å². The van der Waals surface area contributed by atoms with Gasteiger partial charge in [-0.05, 0) is 42.8 Å². The van der Waals surface area contributed by atoms with Crippen molar-refractivity contribution in [2.24, 2.45) is 0 Å². The highest BCUT2D eigenvalue weighted by Crippen LogP contribution is 2.12. The number of carbonyl (C=O) groups is 1. The lowest BCUT2D eigenvalue weighted by molar-refractivity contribution is 0.0958. The van der Waals surface area contributed by atoms with Crippen molar-refractivity contribution in [2.75, 3.05) is 13.2 Å². The normalized spacial score (nSPS) is 9.75. The third-order valence-corrected chi connectivity index (χ3v) is 3.32. The zero-order chi connectivity index (χ0) is 17.2. The summed E-state index contributed by atoms with van der Waals surface area (Å²) in [6.45, 7) is 2.93. The minimum atomic E-state index is -0.366. The van der Waals surface area contributed by atoms with Crippen molar-refractivity contribution in [3.05, 3.63) is 65.5 Å². The molecule has 24 heavy (non-hydrogen) atoms. The molecule has 124 valence electrons. The summed E-state index contributed by atoms with van der Waals surface area (Å²) in [5, 5.41) is 2.68. The van der Waals surface area contributed by atoms with Gasteiger partial charge in [0.2, 0.25) is 0 Å². The van der Waals surface area contributed by atoms with Crippen LogP contribution in [0.4, 0.5) is 4.39 Å². The van der Waals surface area contributed by atoms with Crippen molar-refractivity contribution in [2.45, 2.75) is 19.8 Å². The van der Waals surface area contributed by atoms with E-state index in [4.69, 9.17) is 4.74 Å². The molecule has 3 nitrogen and oxygen atoms in total.